The normalized spacial score (nSPS) is 18.2. The molecule has 42 heavy (non-hydrogen) atoms. The Morgan fingerprint density at radius 3 is 2.57 bits per heavy atom. The Labute approximate surface area is 251 Å². The maximum Gasteiger partial charge on any atom is 0.252 e. The van der Waals surface area contributed by atoms with Crippen molar-refractivity contribution in [3.05, 3.63) is 70.3 Å². The van der Waals surface area contributed by atoms with E-state index in [1.807, 2.05) is 40.5 Å². The van der Waals surface area contributed by atoms with E-state index < -0.39 is 6.41 Å². The van der Waals surface area contributed by atoms with Crippen LogP contribution in [0.4, 0.5) is 5.69 Å². The van der Waals surface area contributed by atoms with Gasteiger partial charge in [-0.1, -0.05) is 6.07 Å². The molecule has 2 aliphatic heterocycles. The van der Waals surface area contributed by atoms with E-state index in [0.717, 1.165) is 88.4 Å². The number of fused-ring (bicyclic) bond motifs is 2. The number of aliphatic hydroxyl groups excluding tert-OH is 1. The molecule has 2 aromatic heterocycles. The zero-order valence-electron chi connectivity index (χ0n) is 24.4. The summed E-state index contributed by atoms with van der Waals surface area (Å²) in [6.07, 6.45) is 1.00. The second-order valence-electron chi connectivity index (χ2n) is 11.3. The number of pyridine rings is 1. The van der Waals surface area contributed by atoms with E-state index >= 15 is 0 Å². The smallest absolute Gasteiger partial charge is 0.252 e. The zero-order chi connectivity index (χ0) is 28.9. The van der Waals surface area contributed by atoms with Gasteiger partial charge in [-0.3, -0.25) is 19.2 Å². The van der Waals surface area contributed by atoms with Gasteiger partial charge in [0.15, 0.2) is 0 Å². The van der Waals surface area contributed by atoms with Crippen molar-refractivity contribution in [1.82, 2.24) is 19.3 Å². The quantitative estimate of drug-likeness (QED) is 0.209. The van der Waals surface area contributed by atoms with Gasteiger partial charge in [0.05, 0.1) is 12.1 Å². The highest BCUT2D eigenvalue weighted by Crippen LogP contribution is 2.31. The fourth-order valence-corrected chi connectivity index (χ4v) is 6.68. The van der Waals surface area contributed by atoms with Crippen LogP contribution in [0.1, 0.15) is 12.8 Å². The van der Waals surface area contributed by atoms with Gasteiger partial charge < -0.3 is 24.4 Å². The van der Waals surface area contributed by atoms with Crippen molar-refractivity contribution in [1.29, 1.82) is 0 Å². The molecule has 2 saturated heterocycles. The van der Waals surface area contributed by atoms with Crippen molar-refractivity contribution in [3.8, 4) is 5.75 Å². The predicted octanol–water partition coefficient (Wildman–Crippen LogP) is 3.69. The first-order chi connectivity index (χ1) is 20.5. The number of likely N-dealkylation sites (N-methyl/N-ethyl adjacent to an activating group) is 1. The molecule has 9 nitrogen and oxygen atoms in total. The number of hydrogen-bond donors (Lipinski definition) is 1. The van der Waals surface area contributed by atoms with Gasteiger partial charge in [0.2, 0.25) is 6.41 Å². The number of aromatic nitrogens is 1. The molecule has 0 amide bonds. The number of thiophene rings is 1. The number of aliphatic hydroxyl groups is 1. The molecule has 4 heterocycles. The number of ether oxygens (including phenoxy) is 2. The van der Waals surface area contributed by atoms with Gasteiger partial charge in [0.25, 0.3) is 5.56 Å². The second-order valence-corrected chi connectivity index (χ2v) is 12.2. The van der Waals surface area contributed by atoms with Crippen LogP contribution in [0.5, 0.6) is 5.75 Å². The number of hydrogen-bond acceptors (Lipinski definition) is 9. The third kappa shape index (κ3) is 6.80. The van der Waals surface area contributed by atoms with Crippen LogP contribution >= 0.6 is 11.3 Å². The van der Waals surface area contributed by atoms with Crippen LogP contribution in [0.25, 0.3) is 21.0 Å². The summed E-state index contributed by atoms with van der Waals surface area (Å²) in [5.41, 5.74) is 1.93. The van der Waals surface area contributed by atoms with E-state index in [0.29, 0.717) is 6.61 Å². The van der Waals surface area contributed by atoms with Crippen molar-refractivity contribution >= 4 is 38.0 Å². The van der Waals surface area contributed by atoms with Gasteiger partial charge in [-0.05, 0) is 73.6 Å². The summed E-state index contributed by atoms with van der Waals surface area (Å²) in [7, 11) is 2.07. The van der Waals surface area contributed by atoms with E-state index in [-0.39, 0.29) is 12.3 Å². The minimum absolute atomic E-state index is 0.0250. The lowest BCUT2D eigenvalue weighted by Gasteiger charge is -2.36. The highest BCUT2D eigenvalue weighted by Gasteiger charge is 2.22. The third-order valence-corrected chi connectivity index (χ3v) is 9.37. The van der Waals surface area contributed by atoms with Crippen molar-refractivity contribution in [2.75, 3.05) is 77.5 Å². The SMILES string of the molecule is CN1CCN(C(O)OCn2c(=O)ccc3ccc(OCCCCN4CCN(c5cccc6sccc56)CC4)cc32)CC1. The summed E-state index contributed by atoms with van der Waals surface area (Å²) < 4.78 is 14.7. The molecule has 1 atom stereocenters. The fraction of sp³-hybridized carbons (Fsp3) is 0.469. The van der Waals surface area contributed by atoms with Gasteiger partial charge in [0.1, 0.15) is 12.5 Å². The summed E-state index contributed by atoms with van der Waals surface area (Å²) in [5.74, 6) is 0.734. The van der Waals surface area contributed by atoms with Gasteiger partial charge in [-0.15, -0.1) is 11.3 Å². The Hall–Kier alpha value is -2.99. The zero-order valence-corrected chi connectivity index (χ0v) is 25.2. The summed E-state index contributed by atoms with van der Waals surface area (Å²) >= 11 is 1.81. The standard InChI is InChI=1S/C32H41N5O4S/c1-33-13-17-36(18-14-33)32(39)41-24-37-29-23-26(9-7-25(29)8-10-31(37)38)40-21-3-2-12-34-15-19-35(20-16-34)28-5-4-6-30-27(28)11-22-42-30/h4-11,22-23,32,39H,2-3,12-21,24H2,1H3. The second kappa shape index (κ2) is 13.5. The van der Waals surface area contributed by atoms with Crippen molar-refractivity contribution in [3.63, 3.8) is 0 Å². The predicted molar refractivity (Wildman–Crippen MR) is 170 cm³/mol. The van der Waals surface area contributed by atoms with Crippen LogP contribution in [-0.2, 0) is 11.5 Å². The van der Waals surface area contributed by atoms with Crippen LogP contribution in [0.15, 0.2) is 64.8 Å². The molecule has 0 radical (unpaired) electrons. The summed E-state index contributed by atoms with van der Waals surface area (Å²) in [4.78, 5) is 21.9. The Morgan fingerprint density at radius 1 is 0.929 bits per heavy atom. The van der Waals surface area contributed by atoms with Gasteiger partial charge in [0, 0.05) is 80.3 Å². The van der Waals surface area contributed by atoms with Crippen LogP contribution in [0.2, 0.25) is 0 Å². The van der Waals surface area contributed by atoms with Crippen molar-refractivity contribution < 1.29 is 14.6 Å². The lowest BCUT2D eigenvalue weighted by atomic mass is 10.2. The van der Waals surface area contributed by atoms with E-state index in [1.54, 1.807) is 4.57 Å². The Balaban J connectivity index is 0.964. The average Bonchev–Trinajstić information content (AvgIpc) is 3.50. The van der Waals surface area contributed by atoms with Crippen LogP contribution in [-0.4, -0.2) is 103 Å². The van der Waals surface area contributed by atoms with Crippen molar-refractivity contribution in [2.24, 2.45) is 0 Å². The molecule has 2 aromatic carbocycles. The highest BCUT2D eigenvalue weighted by molar-refractivity contribution is 7.17. The van der Waals surface area contributed by atoms with E-state index in [9.17, 15) is 9.90 Å². The Kier molecular flexibility index (Phi) is 9.38. The molecule has 1 unspecified atom stereocenters. The van der Waals surface area contributed by atoms with Crippen LogP contribution in [0.3, 0.4) is 0 Å². The number of benzene rings is 2. The molecule has 2 fully saturated rings. The maximum absolute atomic E-state index is 12.7. The maximum atomic E-state index is 12.7. The molecule has 0 bridgehead atoms. The van der Waals surface area contributed by atoms with Gasteiger partial charge in [-0.2, -0.15) is 0 Å². The third-order valence-electron chi connectivity index (χ3n) is 8.49. The summed E-state index contributed by atoms with van der Waals surface area (Å²) in [5, 5.41) is 15.0. The average molecular weight is 592 g/mol. The summed E-state index contributed by atoms with van der Waals surface area (Å²) in [6, 6.07) is 18.0. The number of piperazine rings is 2. The molecule has 4 aromatic rings. The molecular weight excluding hydrogens is 550 g/mol. The molecule has 224 valence electrons. The molecule has 0 spiro atoms. The van der Waals surface area contributed by atoms with Crippen LogP contribution in [0, 0.1) is 0 Å². The van der Waals surface area contributed by atoms with Gasteiger partial charge >= 0.3 is 0 Å². The van der Waals surface area contributed by atoms with Gasteiger partial charge in [-0.25, -0.2) is 0 Å². The number of unbranched alkanes of at least 4 members (excludes halogenated alkanes) is 1. The minimum Gasteiger partial charge on any atom is -0.494 e. The molecule has 0 saturated carbocycles. The minimum atomic E-state index is -1.04. The summed E-state index contributed by atoms with van der Waals surface area (Å²) in [6.45, 7) is 9.14. The Bertz CT molecular complexity index is 1520. The Morgan fingerprint density at radius 2 is 1.74 bits per heavy atom. The first-order valence-electron chi connectivity index (χ1n) is 15.0. The largest absolute Gasteiger partial charge is 0.494 e. The van der Waals surface area contributed by atoms with Crippen molar-refractivity contribution in [2.45, 2.75) is 26.0 Å². The van der Waals surface area contributed by atoms with Crippen LogP contribution < -0.4 is 15.2 Å². The fourth-order valence-electron chi connectivity index (χ4n) is 5.87. The number of nitrogens with zero attached hydrogens (tertiary/aromatic N) is 5. The lowest BCUT2D eigenvalue weighted by molar-refractivity contribution is -0.216. The topological polar surface area (TPSA) is 73.6 Å². The van der Waals surface area contributed by atoms with E-state index in [1.165, 1.54) is 21.8 Å². The van der Waals surface area contributed by atoms with E-state index in [4.69, 9.17) is 9.47 Å². The molecule has 6 rings (SSSR count). The first kappa shape index (κ1) is 29.1. The van der Waals surface area contributed by atoms with E-state index in [2.05, 4.69) is 51.4 Å². The molecule has 2 aliphatic rings. The number of rotatable bonds is 11. The first-order valence-corrected chi connectivity index (χ1v) is 15.9. The highest BCUT2D eigenvalue weighted by atomic mass is 32.1. The monoisotopic (exact) mass is 591 g/mol. The molecule has 1 N–H and O–H groups in total. The molecular formula is C32H41N5O4S. The molecule has 10 heteroatoms. The number of anilines is 1. The molecule has 0 aliphatic carbocycles. The lowest BCUT2D eigenvalue weighted by Crippen LogP contribution is -2.50.